The van der Waals surface area contributed by atoms with Gasteiger partial charge < -0.3 is 15.0 Å². The molecule has 2 aliphatic rings. The van der Waals surface area contributed by atoms with Gasteiger partial charge in [-0.1, -0.05) is 0 Å². The van der Waals surface area contributed by atoms with E-state index in [0.29, 0.717) is 0 Å². The van der Waals surface area contributed by atoms with Crippen molar-refractivity contribution in [3.63, 3.8) is 0 Å². The average Bonchev–Trinajstić information content (AvgIpc) is 2.51. The molecule has 1 aromatic rings. The quantitative estimate of drug-likeness (QED) is 0.735. The Bertz CT molecular complexity index is 430. The number of benzene rings is 1. The maximum Gasteiger partial charge on any atom is 0.143 e. The van der Waals surface area contributed by atoms with Crippen LogP contribution >= 0.6 is 0 Å². The standard InChI is InChI=1S/C14H20N2O/c1-10-9-16(2)13-7-11-3-5-15-6-4-12(11)8-14(13)17-10/h7-8,10,15H,3-6,9H2,1-2H3. The minimum absolute atomic E-state index is 0.287. The summed E-state index contributed by atoms with van der Waals surface area (Å²) in [6, 6.07) is 4.58. The normalized spacial score (nSPS) is 23.4. The molecular weight excluding hydrogens is 212 g/mol. The molecular formula is C14H20N2O. The van der Waals surface area contributed by atoms with Crippen molar-refractivity contribution < 1.29 is 4.74 Å². The van der Waals surface area contributed by atoms with Crippen LogP contribution in [0, 0.1) is 0 Å². The van der Waals surface area contributed by atoms with Crippen LogP contribution in [0.3, 0.4) is 0 Å². The molecule has 0 radical (unpaired) electrons. The molecule has 0 saturated carbocycles. The molecule has 0 spiro atoms. The van der Waals surface area contributed by atoms with E-state index in [1.165, 1.54) is 16.8 Å². The zero-order valence-electron chi connectivity index (χ0n) is 10.6. The van der Waals surface area contributed by atoms with Crippen LogP contribution in [0.4, 0.5) is 5.69 Å². The highest BCUT2D eigenvalue weighted by atomic mass is 16.5. The first kappa shape index (κ1) is 10.9. The van der Waals surface area contributed by atoms with Crippen LogP contribution in [-0.4, -0.2) is 32.8 Å². The van der Waals surface area contributed by atoms with Gasteiger partial charge in [-0.3, -0.25) is 0 Å². The second-order valence-electron chi connectivity index (χ2n) is 5.15. The Morgan fingerprint density at radius 1 is 1.24 bits per heavy atom. The predicted octanol–water partition coefficient (Wildman–Crippen LogP) is 1.59. The van der Waals surface area contributed by atoms with E-state index < -0.39 is 0 Å². The van der Waals surface area contributed by atoms with Gasteiger partial charge >= 0.3 is 0 Å². The van der Waals surface area contributed by atoms with Gasteiger partial charge in [0.15, 0.2) is 0 Å². The zero-order chi connectivity index (χ0) is 11.8. The molecule has 0 aromatic heterocycles. The van der Waals surface area contributed by atoms with E-state index >= 15 is 0 Å². The van der Waals surface area contributed by atoms with E-state index in [1.807, 2.05) is 0 Å². The Morgan fingerprint density at radius 2 is 1.94 bits per heavy atom. The molecule has 0 amide bonds. The number of nitrogens with one attached hydrogen (secondary N) is 1. The van der Waals surface area contributed by atoms with Gasteiger partial charge in [0.25, 0.3) is 0 Å². The van der Waals surface area contributed by atoms with Crippen LogP contribution in [0.25, 0.3) is 0 Å². The second kappa shape index (κ2) is 4.22. The van der Waals surface area contributed by atoms with Gasteiger partial charge in [-0.25, -0.2) is 0 Å². The lowest BCUT2D eigenvalue weighted by atomic mass is 10.0. The Balaban J connectivity index is 2.03. The third-order valence-corrected chi connectivity index (χ3v) is 3.69. The molecule has 3 nitrogen and oxygen atoms in total. The predicted molar refractivity (Wildman–Crippen MR) is 70.1 cm³/mol. The van der Waals surface area contributed by atoms with Gasteiger partial charge in [-0.2, -0.15) is 0 Å². The number of likely N-dealkylation sites (N-methyl/N-ethyl adjacent to an activating group) is 1. The molecule has 0 bridgehead atoms. The third kappa shape index (κ3) is 2.00. The van der Waals surface area contributed by atoms with E-state index in [-0.39, 0.29) is 6.10 Å². The van der Waals surface area contributed by atoms with Crippen LogP contribution in [-0.2, 0) is 12.8 Å². The highest BCUT2D eigenvalue weighted by Gasteiger charge is 2.22. The van der Waals surface area contributed by atoms with Gasteiger partial charge in [0.2, 0.25) is 0 Å². The first-order valence-corrected chi connectivity index (χ1v) is 6.48. The van der Waals surface area contributed by atoms with Crippen molar-refractivity contribution in [3.05, 3.63) is 23.3 Å². The summed E-state index contributed by atoms with van der Waals surface area (Å²) >= 11 is 0. The molecule has 0 fully saturated rings. The molecule has 0 saturated heterocycles. The van der Waals surface area contributed by atoms with Crippen LogP contribution in [0.2, 0.25) is 0 Å². The number of hydrogen-bond donors (Lipinski definition) is 1. The van der Waals surface area contributed by atoms with Gasteiger partial charge in [-0.15, -0.1) is 0 Å². The Morgan fingerprint density at radius 3 is 2.71 bits per heavy atom. The van der Waals surface area contributed by atoms with Crippen molar-refractivity contribution in [2.24, 2.45) is 0 Å². The molecule has 1 atom stereocenters. The summed E-state index contributed by atoms with van der Waals surface area (Å²) in [6.45, 7) is 5.28. The lowest BCUT2D eigenvalue weighted by Gasteiger charge is -2.33. The summed E-state index contributed by atoms with van der Waals surface area (Å²) in [5.74, 6) is 1.06. The minimum atomic E-state index is 0.287. The largest absolute Gasteiger partial charge is 0.487 e. The molecule has 2 heterocycles. The molecule has 3 heteroatoms. The van der Waals surface area contributed by atoms with Gasteiger partial charge in [0.1, 0.15) is 11.9 Å². The van der Waals surface area contributed by atoms with Crippen molar-refractivity contribution in [3.8, 4) is 5.75 Å². The number of ether oxygens (including phenoxy) is 1. The van der Waals surface area contributed by atoms with Gasteiger partial charge in [0.05, 0.1) is 12.2 Å². The Hall–Kier alpha value is -1.22. The SMILES string of the molecule is CC1CN(C)c2cc3c(cc2O1)CCNCC3. The average molecular weight is 232 g/mol. The van der Waals surface area contributed by atoms with Crippen molar-refractivity contribution in [1.82, 2.24) is 5.32 Å². The second-order valence-corrected chi connectivity index (χ2v) is 5.15. The Kier molecular flexibility index (Phi) is 2.71. The van der Waals surface area contributed by atoms with Crippen LogP contribution in [0.5, 0.6) is 5.75 Å². The Labute approximate surface area is 103 Å². The van der Waals surface area contributed by atoms with Crippen molar-refractivity contribution in [2.45, 2.75) is 25.9 Å². The smallest absolute Gasteiger partial charge is 0.143 e. The lowest BCUT2D eigenvalue weighted by Crippen LogP contribution is -2.35. The number of nitrogens with zero attached hydrogens (tertiary/aromatic N) is 1. The lowest BCUT2D eigenvalue weighted by molar-refractivity contribution is 0.215. The van der Waals surface area contributed by atoms with Crippen molar-refractivity contribution in [2.75, 3.05) is 31.6 Å². The summed E-state index contributed by atoms with van der Waals surface area (Å²) < 4.78 is 5.95. The first-order valence-electron chi connectivity index (χ1n) is 6.48. The van der Waals surface area contributed by atoms with E-state index in [2.05, 4.69) is 36.3 Å². The molecule has 0 aliphatic carbocycles. The molecule has 1 aromatic carbocycles. The summed E-state index contributed by atoms with van der Waals surface area (Å²) in [5.41, 5.74) is 4.19. The number of fused-ring (bicyclic) bond motifs is 2. The molecule has 1 N–H and O–H groups in total. The van der Waals surface area contributed by atoms with Crippen molar-refractivity contribution >= 4 is 5.69 Å². The summed E-state index contributed by atoms with van der Waals surface area (Å²) in [4.78, 5) is 2.31. The summed E-state index contributed by atoms with van der Waals surface area (Å²) in [7, 11) is 2.15. The van der Waals surface area contributed by atoms with E-state index in [0.717, 1.165) is 38.2 Å². The molecule has 2 aliphatic heterocycles. The van der Waals surface area contributed by atoms with Crippen molar-refractivity contribution in [1.29, 1.82) is 0 Å². The summed E-state index contributed by atoms with van der Waals surface area (Å²) in [5, 5.41) is 3.45. The number of hydrogen-bond acceptors (Lipinski definition) is 3. The van der Waals surface area contributed by atoms with Crippen LogP contribution < -0.4 is 15.0 Å². The fraction of sp³-hybridized carbons (Fsp3) is 0.571. The molecule has 1 unspecified atom stereocenters. The highest BCUT2D eigenvalue weighted by Crippen LogP contribution is 2.35. The molecule has 92 valence electrons. The van der Waals surface area contributed by atoms with Gasteiger partial charge in [-0.05, 0) is 56.1 Å². The van der Waals surface area contributed by atoms with Crippen LogP contribution in [0.15, 0.2) is 12.1 Å². The van der Waals surface area contributed by atoms with Crippen LogP contribution in [0.1, 0.15) is 18.1 Å². The minimum Gasteiger partial charge on any atom is -0.487 e. The van der Waals surface area contributed by atoms with E-state index in [1.54, 1.807) is 0 Å². The summed E-state index contributed by atoms with van der Waals surface area (Å²) in [6.07, 6.45) is 2.53. The fourth-order valence-corrected chi connectivity index (χ4v) is 2.82. The first-order chi connectivity index (χ1) is 8.24. The maximum absolute atomic E-state index is 5.95. The molecule has 17 heavy (non-hydrogen) atoms. The maximum atomic E-state index is 5.95. The topological polar surface area (TPSA) is 24.5 Å². The van der Waals surface area contributed by atoms with Gasteiger partial charge in [0, 0.05) is 7.05 Å². The monoisotopic (exact) mass is 232 g/mol. The molecule has 3 rings (SSSR count). The van der Waals surface area contributed by atoms with E-state index in [4.69, 9.17) is 4.74 Å². The zero-order valence-corrected chi connectivity index (χ0v) is 10.6. The number of anilines is 1. The highest BCUT2D eigenvalue weighted by molar-refractivity contribution is 5.63. The van der Waals surface area contributed by atoms with E-state index in [9.17, 15) is 0 Å². The number of rotatable bonds is 0. The fourth-order valence-electron chi connectivity index (χ4n) is 2.82. The third-order valence-electron chi connectivity index (χ3n) is 3.69.